The molecule has 4 aromatic rings. The summed E-state index contributed by atoms with van der Waals surface area (Å²) in [4.78, 5) is 0. The summed E-state index contributed by atoms with van der Waals surface area (Å²) >= 11 is 0. The van der Waals surface area contributed by atoms with Gasteiger partial charge in [-0.3, -0.25) is 0 Å². The molecule has 0 radical (unpaired) electrons. The molecule has 0 saturated heterocycles. The molecular formula is C27H18N6O2. The molecule has 0 heterocycles. The van der Waals surface area contributed by atoms with Gasteiger partial charge in [0.2, 0.25) is 0 Å². The van der Waals surface area contributed by atoms with Crippen LogP contribution in [0.15, 0.2) is 118 Å². The molecule has 0 bridgehead atoms. The lowest BCUT2D eigenvalue weighted by molar-refractivity contribution is 0.507. The third-order valence-electron chi connectivity index (χ3n) is 4.84. The molecule has 0 aromatic heterocycles. The minimum Gasteiger partial charge on any atom is -0.388 e. The van der Waals surface area contributed by atoms with Gasteiger partial charge in [0.1, 0.15) is 11.5 Å². The van der Waals surface area contributed by atoms with E-state index in [9.17, 15) is 0 Å². The molecular weight excluding hydrogens is 440 g/mol. The van der Waals surface area contributed by atoms with Crippen LogP contribution in [0.1, 0.15) is 11.1 Å². The normalized spacial score (nSPS) is 10.7. The van der Waals surface area contributed by atoms with E-state index < -0.39 is 0 Å². The van der Waals surface area contributed by atoms with Gasteiger partial charge in [0.05, 0.1) is 22.7 Å². The summed E-state index contributed by atoms with van der Waals surface area (Å²) in [6.07, 6.45) is 4.03. The second kappa shape index (κ2) is 11.5. The van der Waals surface area contributed by atoms with Crippen molar-refractivity contribution in [2.45, 2.75) is 6.42 Å². The minimum atomic E-state index is 0.463. The fourth-order valence-corrected chi connectivity index (χ4v) is 3.09. The van der Waals surface area contributed by atoms with Crippen molar-refractivity contribution >= 4 is 22.7 Å². The van der Waals surface area contributed by atoms with E-state index in [4.69, 9.17) is 20.0 Å². The number of nitriles is 2. The number of hydrogen-bond acceptors (Lipinski definition) is 8. The second-order valence-corrected chi connectivity index (χ2v) is 7.28. The Morgan fingerprint density at radius 2 is 0.743 bits per heavy atom. The molecule has 4 rings (SSSR count). The Hall–Kier alpha value is -5.34. The van der Waals surface area contributed by atoms with Gasteiger partial charge in [-0.1, -0.05) is 24.3 Å². The van der Waals surface area contributed by atoms with E-state index in [1.807, 2.05) is 48.5 Å². The van der Waals surface area contributed by atoms with Crippen LogP contribution in [0.5, 0.6) is 11.5 Å². The van der Waals surface area contributed by atoms with Crippen LogP contribution in [0.2, 0.25) is 0 Å². The predicted octanol–water partition coefficient (Wildman–Crippen LogP) is 7.83. The molecule has 35 heavy (non-hydrogen) atoms. The summed E-state index contributed by atoms with van der Waals surface area (Å²) < 4.78 is 9.49. The van der Waals surface area contributed by atoms with Crippen molar-refractivity contribution in [3.63, 3.8) is 0 Å². The first-order chi connectivity index (χ1) is 17.2. The third kappa shape index (κ3) is 6.82. The van der Waals surface area contributed by atoms with Gasteiger partial charge in [-0.05, 0) is 90.3 Å². The van der Waals surface area contributed by atoms with Crippen molar-refractivity contribution in [3.8, 4) is 24.0 Å². The molecule has 0 aliphatic carbocycles. The van der Waals surface area contributed by atoms with Gasteiger partial charge in [-0.25, -0.2) is 0 Å². The zero-order valence-electron chi connectivity index (χ0n) is 18.4. The van der Waals surface area contributed by atoms with Gasteiger partial charge in [-0.2, -0.15) is 20.5 Å². The van der Waals surface area contributed by atoms with E-state index in [-0.39, 0.29) is 0 Å². The molecule has 0 atom stereocenters. The molecule has 168 valence electrons. The number of benzene rings is 4. The van der Waals surface area contributed by atoms with Crippen LogP contribution in [-0.2, 0) is 6.42 Å². The summed E-state index contributed by atoms with van der Waals surface area (Å²) in [6.45, 7) is 0. The first-order valence-electron chi connectivity index (χ1n) is 10.6. The van der Waals surface area contributed by atoms with E-state index in [0.717, 1.165) is 28.9 Å². The highest BCUT2D eigenvalue weighted by Gasteiger charge is 2.00. The molecule has 4 aromatic carbocycles. The summed E-state index contributed by atoms with van der Waals surface area (Å²) in [5.74, 6) is 0.926. The van der Waals surface area contributed by atoms with Gasteiger partial charge < -0.3 is 9.47 Å². The largest absolute Gasteiger partial charge is 0.388 e. The molecule has 0 unspecified atom stereocenters. The SMILES string of the molecule is N#COc1ccc(N=Nc2ccc(Cc3ccc(N=Nc4ccc(OC#N)cc4)cc3)cc2)cc1. The zero-order chi connectivity index (χ0) is 24.3. The molecule has 0 aliphatic heterocycles. The summed E-state index contributed by atoms with van der Waals surface area (Å²) in [5, 5.41) is 33.9. The van der Waals surface area contributed by atoms with Crippen LogP contribution >= 0.6 is 0 Å². The van der Waals surface area contributed by atoms with Crippen LogP contribution in [0.4, 0.5) is 22.7 Å². The number of azo groups is 2. The van der Waals surface area contributed by atoms with Crippen LogP contribution in [0, 0.1) is 23.0 Å². The van der Waals surface area contributed by atoms with Crippen molar-refractivity contribution in [2.75, 3.05) is 0 Å². The van der Waals surface area contributed by atoms with Gasteiger partial charge >= 0.3 is 0 Å². The van der Waals surface area contributed by atoms with Crippen molar-refractivity contribution < 1.29 is 9.47 Å². The Morgan fingerprint density at radius 3 is 1.03 bits per heavy atom. The lowest BCUT2D eigenvalue weighted by Crippen LogP contribution is -1.86. The van der Waals surface area contributed by atoms with Gasteiger partial charge in [0.15, 0.2) is 0 Å². The Balaban J connectivity index is 1.32. The highest BCUT2D eigenvalue weighted by molar-refractivity contribution is 5.46. The van der Waals surface area contributed by atoms with Crippen molar-refractivity contribution in [1.82, 2.24) is 0 Å². The monoisotopic (exact) mass is 458 g/mol. The maximum absolute atomic E-state index is 8.52. The number of rotatable bonds is 8. The minimum absolute atomic E-state index is 0.463. The maximum atomic E-state index is 8.52. The lowest BCUT2D eigenvalue weighted by Gasteiger charge is -2.03. The number of ether oxygens (including phenoxy) is 2. The maximum Gasteiger partial charge on any atom is 0.292 e. The number of hydrogen-bond donors (Lipinski definition) is 0. The van der Waals surface area contributed by atoms with Crippen molar-refractivity contribution in [3.05, 3.63) is 108 Å². The van der Waals surface area contributed by atoms with Crippen LogP contribution in [0.25, 0.3) is 0 Å². The van der Waals surface area contributed by atoms with Gasteiger partial charge in [-0.15, -0.1) is 10.5 Å². The Labute approximate surface area is 202 Å². The zero-order valence-corrected chi connectivity index (χ0v) is 18.4. The van der Waals surface area contributed by atoms with Crippen LogP contribution < -0.4 is 9.47 Å². The van der Waals surface area contributed by atoms with Crippen molar-refractivity contribution in [2.24, 2.45) is 20.5 Å². The predicted molar refractivity (Wildman–Crippen MR) is 129 cm³/mol. The van der Waals surface area contributed by atoms with Crippen LogP contribution in [-0.4, -0.2) is 0 Å². The fourth-order valence-electron chi connectivity index (χ4n) is 3.09. The highest BCUT2D eigenvalue weighted by Crippen LogP contribution is 2.24. The first-order valence-corrected chi connectivity index (χ1v) is 10.6. The number of nitrogens with zero attached hydrogens (tertiary/aromatic N) is 6. The summed E-state index contributed by atoms with van der Waals surface area (Å²) in [7, 11) is 0. The van der Waals surface area contributed by atoms with Crippen LogP contribution in [0.3, 0.4) is 0 Å². The topological polar surface area (TPSA) is 115 Å². The standard InChI is InChI=1S/C27H18N6O2/c28-18-34-26-13-9-24(10-14-26)32-30-22-5-1-20(2-6-22)17-21-3-7-23(8-4-21)31-33-25-11-15-27(16-12-25)35-19-29/h1-16H,17H2. The van der Waals surface area contributed by atoms with E-state index in [2.05, 4.69) is 20.5 Å². The molecule has 0 saturated carbocycles. The molecule has 0 aliphatic rings. The molecule has 0 fully saturated rings. The smallest absolute Gasteiger partial charge is 0.292 e. The molecule has 8 nitrogen and oxygen atoms in total. The summed E-state index contributed by atoms with van der Waals surface area (Å²) in [6, 6.07) is 29.3. The van der Waals surface area contributed by atoms with E-state index >= 15 is 0 Å². The molecule has 0 N–H and O–H groups in total. The molecule has 0 amide bonds. The fraction of sp³-hybridized carbons (Fsp3) is 0.0370. The third-order valence-corrected chi connectivity index (χ3v) is 4.84. The highest BCUT2D eigenvalue weighted by atomic mass is 16.5. The van der Waals surface area contributed by atoms with Crippen molar-refractivity contribution in [1.29, 1.82) is 10.5 Å². The van der Waals surface area contributed by atoms with Gasteiger partial charge in [0, 0.05) is 0 Å². The molecule has 8 heteroatoms. The van der Waals surface area contributed by atoms with Gasteiger partial charge in [0.25, 0.3) is 12.5 Å². The quantitative estimate of drug-likeness (QED) is 0.197. The Bertz CT molecular complexity index is 1290. The van der Waals surface area contributed by atoms with E-state index in [1.54, 1.807) is 61.0 Å². The lowest BCUT2D eigenvalue weighted by atomic mass is 10.0. The Kier molecular flexibility index (Phi) is 7.51. The average molecular weight is 458 g/mol. The average Bonchev–Trinajstić information content (AvgIpc) is 2.90. The van der Waals surface area contributed by atoms with E-state index in [1.165, 1.54) is 0 Å². The molecule has 0 spiro atoms. The summed E-state index contributed by atoms with van der Waals surface area (Å²) in [5.41, 5.74) is 5.12. The second-order valence-electron chi connectivity index (χ2n) is 7.28. The first kappa shape index (κ1) is 22.8. The van der Waals surface area contributed by atoms with E-state index in [0.29, 0.717) is 22.9 Å². The Morgan fingerprint density at radius 1 is 0.457 bits per heavy atom.